The summed E-state index contributed by atoms with van der Waals surface area (Å²) in [5.74, 6) is 1.40. The van der Waals surface area contributed by atoms with Gasteiger partial charge in [0.05, 0.1) is 6.04 Å². The molecule has 0 aliphatic carbocycles. The molecule has 0 saturated carbocycles. The summed E-state index contributed by atoms with van der Waals surface area (Å²) in [6, 6.07) is 26.5. The Morgan fingerprint density at radius 2 is 1.72 bits per heavy atom. The number of piperidine rings is 1. The number of likely N-dealkylation sites (tertiary alicyclic amines) is 1. The number of amides is 4. The fraction of sp³-hybridized carbons (Fsp3) is 0.233. The second-order valence-electron chi connectivity index (χ2n) is 14.5. The first-order valence-corrected chi connectivity index (χ1v) is 20.0. The van der Waals surface area contributed by atoms with Crippen molar-refractivity contribution in [2.45, 2.75) is 61.5 Å². The van der Waals surface area contributed by atoms with Gasteiger partial charge in [0.15, 0.2) is 0 Å². The van der Waals surface area contributed by atoms with Crippen LogP contribution in [-0.4, -0.2) is 65.4 Å². The Labute approximate surface area is 332 Å². The molecular weight excluding hydrogens is 739 g/mol. The Bertz CT molecular complexity index is 2520. The SMILES string of the molecule is Nc1nccn2c([C@@H]3CCCN3Cc3ccc(CSc4cccc5c4CN(C4CCC(=O)NC4=O)C5=O)cc3)nc(-c3ccc(C(=O)Nc4ccccn4)cc3)c12. The fourth-order valence-corrected chi connectivity index (χ4v) is 9.10. The second kappa shape index (κ2) is 15.3. The van der Waals surface area contributed by atoms with E-state index in [-0.39, 0.29) is 30.2 Å². The molecule has 2 fully saturated rings. The van der Waals surface area contributed by atoms with E-state index in [0.29, 0.717) is 35.7 Å². The maximum absolute atomic E-state index is 13.3. The third kappa shape index (κ3) is 7.13. The molecule has 3 aliphatic heterocycles. The average Bonchev–Trinajstić information content (AvgIpc) is 3.94. The summed E-state index contributed by atoms with van der Waals surface area (Å²) < 4.78 is 2.06. The molecule has 0 radical (unpaired) electrons. The van der Waals surface area contributed by atoms with Gasteiger partial charge in [-0.3, -0.25) is 33.8 Å². The Hall–Kier alpha value is -6.38. The molecule has 1 unspecified atom stereocenters. The lowest BCUT2D eigenvalue weighted by molar-refractivity contribution is -0.136. The standard InChI is InChI=1S/C43H39N9O4S/c44-39-38-37(28-13-15-29(16-14-28)41(54)47-35-8-1-2-19-45-35)49-40(51(38)22-20-46-39)32-6-4-21-50(32)23-26-9-11-27(12-10-26)25-57-34-7-3-5-30-31(34)24-52(43(30)56)33-17-18-36(53)48-42(33)55/h1-3,5,7-16,19-20,22,32-33H,4,6,17-18,21,23-25H2,(H2,44,46)(H,45,47,54)(H,48,53,55)/t32-,33?/m0/s1. The van der Waals surface area contributed by atoms with Crippen LogP contribution in [0.4, 0.5) is 11.6 Å². The van der Waals surface area contributed by atoms with E-state index in [1.54, 1.807) is 53.3 Å². The average molecular weight is 778 g/mol. The number of nitrogen functional groups attached to an aromatic ring is 1. The number of aromatic nitrogens is 4. The van der Waals surface area contributed by atoms with Gasteiger partial charge in [0, 0.05) is 65.4 Å². The monoisotopic (exact) mass is 777 g/mol. The smallest absolute Gasteiger partial charge is 0.256 e. The number of hydrogen-bond acceptors (Lipinski definition) is 10. The van der Waals surface area contributed by atoms with Crippen LogP contribution in [0.1, 0.15) is 75.0 Å². The molecule has 57 heavy (non-hydrogen) atoms. The quantitative estimate of drug-likeness (QED) is 0.111. The zero-order chi connectivity index (χ0) is 39.0. The molecule has 3 aromatic heterocycles. The van der Waals surface area contributed by atoms with Gasteiger partial charge in [-0.05, 0) is 78.9 Å². The number of nitrogens with zero attached hydrogens (tertiary/aromatic N) is 6. The highest BCUT2D eigenvalue weighted by atomic mass is 32.2. The van der Waals surface area contributed by atoms with Crippen LogP contribution >= 0.6 is 11.8 Å². The van der Waals surface area contributed by atoms with E-state index < -0.39 is 11.9 Å². The van der Waals surface area contributed by atoms with E-state index in [4.69, 9.17) is 10.7 Å². The lowest BCUT2D eigenvalue weighted by atomic mass is 10.0. The molecule has 0 bridgehead atoms. The summed E-state index contributed by atoms with van der Waals surface area (Å²) in [5, 5.41) is 5.20. The van der Waals surface area contributed by atoms with E-state index in [0.717, 1.165) is 70.3 Å². The lowest BCUT2D eigenvalue weighted by Gasteiger charge is -2.29. The summed E-state index contributed by atoms with van der Waals surface area (Å²) in [6.45, 7) is 2.04. The van der Waals surface area contributed by atoms with E-state index in [2.05, 4.69) is 54.2 Å². The van der Waals surface area contributed by atoms with Crippen LogP contribution in [0.5, 0.6) is 0 Å². The number of rotatable bonds is 10. The van der Waals surface area contributed by atoms with Gasteiger partial charge in [0.1, 0.15) is 34.7 Å². The number of carbonyl (C=O) groups is 4. The first-order valence-electron chi connectivity index (χ1n) is 19.0. The van der Waals surface area contributed by atoms with Gasteiger partial charge in [0.2, 0.25) is 11.8 Å². The van der Waals surface area contributed by atoms with Crippen molar-refractivity contribution >= 4 is 52.5 Å². The number of anilines is 2. The molecule has 6 aromatic rings. The van der Waals surface area contributed by atoms with Crippen LogP contribution in [0.3, 0.4) is 0 Å². The molecule has 2 saturated heterocycles. The summed E-state index contributed by atoms with van der Waals surface area (Å²) >= 11 is 1.68. The third-order valence-corrected chi connectivity index (χ3v) is 12.1. The molecule has 4 amide bonds. The predicted molar refractivity (Wildman–Crippen MR) is 216 cm³/mol. The number of benzene rings is 3. The maximum atomic E-state index is 13.3. The molecule has 14 heteroatoms. The van der Waals surface area contributed by atoms with Gasteiger partial charge in [-0.15, -0.1) is 11.8 Å². The minimum absolute atomic E-state index is 0.0642. The van der Waals surface area contributed by atoms with Crippen molar-refractivity contribution in [3.05, 3.63) is 137 Å². The van der Waals surface area contributed by atoms with Crippen LogP contribution in [0.25, 0.3) is 16.8 Å². The molecule has 6 heterocycles. The van der Waals surface area contributed by atoms with Crippen LogP contribution in [0.2, 0.25) is 0 Å². The van der Waals surface area contributed by atoms with Crippen molar-refractivity contribution in [2.24, 2.45) is 0 Å². The van der Waals surface area contributed by atoms with E-state index in [1.165, 1.54) is 5.56 Å². The largest absolute Gasteiger partial charge is 0.382 e. The summed E-state index contributed by atoms with van der Waals surface area (Å²) in [4.78, 5) is 69.2. The molecular formula is C43H39N9O4S. The number of nitrogens with one attached hydrogen (secondary N) is 2. The first kappa shape index (κ1) is 36.3. The minimum atomic E-state index is -0.634. The fourth-order valence-electron chi connectivity index (χ4n) is 8.06. The Balaban J connectivity index is 0.878. The van der Waals surface area contributed by atoms with Crippen LogP contribution < -0.4 is 16.4 Å². The number of imidazole rings is 1. The molecule has 13 nitrogen and oxygen atoms in total. The first-order chi connectivity index (χ1) is 27.8. The van der Waals surface area contributed by atoms with Gasteiger partial charge >= 0.3 is 0 Å². The van der Waals surface area contributed by atoms with E-state index in [9.17, 15) is 19.2 Å². The number of carbonyl (C=O) groups excluding carboxylic acids is 4. The lowest BCUT2D eigenvalue weighted by Crippen LogP contribution is -2.52. The Morgan fingerprint density at radius 3 is 2.51 bits per heavy atom. The topological polar surface area (TPSA) is 168 Å². The minimum Gasteiger partial charge on any atom is -0.382 e. The Morgan fingerprint density at radius 1 is 0.895 bits per heavy atom. The number of imide groups is 1. The number of fused-ring (bicyclic) bond motifs is 2. The van der Waals surface area contributed by atoms with Crippen LogP contribution in [-0.2, 0) is 28.4 Å². The zero-order valence-electron chi connectivity index (χ0n) is 30.9. The number of thioether (sulfide) groups is 1. The molecule has 3 aliphatic rings. The molecule has 0 spiro atoms. The number of pyridine rings is 1. The molecule has 4 N–H and O–H groups in total. The summed E-state index contributed by atoms with van der Waals surface area (Å²) in [5.41, 5.74) is 13.2. The molecule has 9 rings (SSSR count). The van der Waals surface area contributed by atoms with Crippen LogP contribution in [0, 0.1) is 0 Å². The van der Waals surface area contributed by atoms with Gasteiger partial charge in [-0.1, -0.05) is 48.5 Å². The van der Waals surface area contributed by atoms with Crippen molar-refractivity contribution in [3.63, 3.8) is 0 Å². The third-order valence-electron chi connectivity index (χ3n) is 10.9. The highest BCUT2D eigenvalue weighted by Gasteiger charge is 2.40. The predicted octanol–water partition coefficient (Wildman–Crippen LogP) is 6.02. The van der Waals surface area contributed by atoms with Crippen LogP contribution in [0.15, 0.2) is 108 Å². The zero-order valence-corrected chi connectivity index (χ0v) is 31.7. The van der Waals surface area contributed by atoms with E-state index in [1.807, 2.05) is 42.6 Å². The second-order valence-corrected chi connectivity index (χ2v) is 15.5. The molecule has 286 valence electrons. The number of nitrogens with two attached hydrogens (primary N) is 1. The highest BCUT2D eigenvalue weighted by molar-refractivity contribution is 7.98. The summed E-state index contributed by atoms with van der Waals surface area (Å²) in [7, 11) is 0. The maximum Gasteiger partial charge on any atom is 0.256 e. The van der Waals surface area contributed by atoms with Gasteiger partial charge < -0.3 is 16.0 Å². The molecule has 2 atom stereocenters. The van der Waals surface area contributed by atoms with Crippen molar-refractivity contribution in [2.75, 3.05) is 17.6 Å². The van der Waals surface area contributed by atoms with Crippen molar-refractivity contribution in [3.8, 4) is 11.3 Å². The Kier molecular flexibility index (Phi) is 9.72. The van der Waals surface area contributed by atoms with Crippen molar-refractivity contribution < 1.29 is 19.2 Å². The van der Waals surface area contributed by atoms with Gasteiger partial charge in [-0.2, -0.15) is 0 Å². The summed E-state index contributed by atoms with van der Waals surface area (Å²) in [6.07, 6.45) is 7.81. The van der Waals surface area contributed by atoms with Crippen molar-refractivity contribution in [1.82, 2.24) is 34.5 Å². The van der Waals surface area contributed by atoms with Gasteiger partial charge in [-0.25, -0.2) is 15.0 Å². The number of hydrogen-bond donors (Lipinski definition) is 3. The normalized spacial score (nSPS) is 18.2. The van der Waals surface area contributed by atoms with E-state index >= 15 is 0 Å². The molecule has 3 aromatic carbocycles. The van der Waals surface area contributed by atoms with Gasteiger partial charge in [0.25, 0.3) is 11.8 Å². The van der Waals surface area contributed by atoms with Crippen molar-refractivity contribution in [1.29, 1.82) is 0 Å². The highest BCUT2D eigenvalue weighted by Crippen LogP contribution is 2.38.